The lowest BCUT2D eigenvalue weighted by Gasteiger charge is -2.28. The molecule has 51 heavy (non-hydrogen) atoms. The number of benzene rings is 3. The molecule has 4 N–H and O–H groups in total. The second-order valence-corrected chi connectivity index (χ2v) is 13.0. The number of aliphatic hydroxyl groups excluding tert-OH is 2. The summed E-state index contributed by atoms with van der Waals surface area (Å²) in [6.45, 7) is 5.11. The molecule has 0 saturated carbocycles. The molecule has 5 rings (SSSR count). The minimum atomic E-state index is -1.08. The molecule has 0 radical (unpaired) electrons. The van der Waals surface area contributed by atoms with E-state index in [2.05, 4.69) is 15.5 Å². The zero-order valence-corrected chi connectivity index (χ0v) is 29.3. The molecule has 3 unspecified atom stereocenters. The summed E-state index contributed by atoms with van der Waals surface area (Å²) in [7, 11) is 1.52. The lowest BCUT2D eigenvalue weighted by molar-refractivity contribution is -0.127. The highest BCUT2D eigenvalue weighted by atomic mass is 16.6. The van der Waals surface area contributed by atoms with E-state index in [1.54, 1.807) is 0 Å². The molecule has 1 aliphatic carbocycles. The molecule has 274 valence electrons. The Hall–Kier alpha value is -4.26. The summed E-state index contributed by atoms with van der Waals surface area (Å²) in [6.07, 6.45) is 2.52. The Kier molecular flexibility index (Phi) is 14.9. The fraction of sp³-hybridized carbons (Fsp3) is 0.450. The Balaban J connectivity index is 1.26. The number of ether oxygens (including phenoxy) is 4. The van der Waals surface area contributed by atoms with Gasteiger partial charge in [0.05, 0.1) is 44.1 Å². The Morgan fingerprint density at radius 3 is 2.49 bits per heavy atom. The number of amides is 2. The van der Waals surface area contributed by atoms with Crippen LogP contribution in [0, 0.1) is 5.92 Å². The highest BCUT2D eigenvalue weighted by Gasteiger charge is 2.35. The van der Waals surface area contributed by atoms with Crippen molar-refractivity contribution in [2.45, 2.75) is 50.0 Å². The number of nitrogens with one attached hydrogen (secondary N) is 2. The average molecular weight is 702 g/mol. The van der Waals surface area contributed by atoms with E-state index in [4.69, 9.17) is 18.9 Å². The zero-order valence-electron chi connectivity index (χ0n) is 29.3. The molecule has 0 bridgehead atoms. The number of hydrogen-bond donors (Lipinski definition) is 4. The number of carbonyl (C=O) groups is 2. The normalized spacial score (nSPS) is 19.2. The topological polar surface area (TPSA) is 139 Å². The predicted molar refractivity (Wildman–Crippen MR) is 194 cm³/mol. The van der Waals surface area contributed by atoms with Gasteiger partial charge in [0.1, 0.15) is 19.0 Å². The van der Waals surface area contributed by atoms with Gasteiger partial charge in [0, 0.05) is 39.1 Å². The van der Waals surface area contributed by atoms with Crippen LogP contribution in [0.25, 0.3) is 6.08 Å². The molecule has 1 aliphatic heterocycles. The van der Waals surface area contributed by atoms with Gasteiger partial charge in [-0.15, -0.1) is 0 Å². The van der Waals surface area contributed by atoms with Crippen LogP contribution in [0.3, 0.4) is 0 Å². The first-order chi connectivity index (χ1) is 24.9. The Morgan fingerprint density at radius 1 is 0.980 bits per heavy atom. The second-order valence-electron chi connectivity index (χ2n) is 13.0. The third-order valence-corrected chi connectivity index (χ3v) is 9.38. The summed E-state index contributed by atoms with van der Waals surface area (Å²) in [6, 6.07) is 23.7. The molecule has 3 aromatic rings. The highest BCUT2D eigenvalue weighted by Crippen LogP contribution is 2.32. The van der Waals surface area contributed by atoms with Crippen LogP contribution < -0.4 is 15.4 Å². The van der Waals surface area contributed by atoms with E-state index < -0.39 is 36.3 Å². The van der Waals surface area contributed by atoms with E-state index in [0.717, 1.165) is 60.9 Å². The molecule has 2 amide bonds. The quantitative estimate of drug-likeness (QED) is 0.145. The van der Waals surface area contributed by atoms with Gasteiger partial charge in [-0.2, -0.15) is 0 Å². The Bertz CT molecular complexity index is 1530. The predicted octanol–water partition coefficient (Wildman–Crippen LogP) is 3.93. The summed E-state index contributed by atoms with van der Waals surface area (Å²) in [4.78, 5) is 28.9. The van der Waals surface area contributed by atoms with Crippen molar-refractivity contribution in [2.24, 2.45) is 5.92 Å². The third-order valence-electron chi connectivity index (χ3n) is 9.38. The van der Waals surface area contributed by atoms with Crippen LogP contribution in [-0.2, 0) is 31.8 Å². The zero-order chi connectivity index (χ0) is 35.8. The van der Waals surface area contributed by atoms with Gasteiger partial charge >= 0.3 is 6.09 Å². The van der Waals surface area contributed by atoms with Crippen LogP contribution >= 0.6 is 0 Å². The highest BCUT2D eigenvalue weighted by molar-refractivity contribution is 5.80. The second kappa shape index (κ2) is 20.0. The number of carbonyl (C=O) groups excluding carboxylic acids is 2. The lowest BCUT2D eigenvalue weighted by Crippen LogP contribution is -2.47. The minimum Gasteiger partial charge on any atom is -0.492 e. The molecule has 3 aromatic carbocycles. The van der Waals surface area contributed by atoms with Gasteiger partial charge in [0.25, 0.3) is 0 Å². The van der Waals surface area contributed by atoms with Crippen molar-refractivity contribution in [1.29, 1.82) is 0 Å². The summed E-state index contributed by atoms with van der Waals surface area (Å²) in [5, 5.41) is 28.3. The van der Waals surface area contributed by atoms with Gasteiger partial charge in [-0.1, -0.05) is 78.9 Å². The molecular weight excluding hydrogens is 650 g/mol. The van der Waals surface area contributed by atoms with Crippen molar-refractivity contribution in [3.63, 3.8) is 0 Å². The number of allylic oxidation sites excluding steroid dienone is 1. The van der Waals surface area contributed by atoms with E-state index >= 15 is 0 Å². The van der Waals surface area contributed by atoms with Crippen LogP contribution in [0.1, 0.15) is 41.1 Å². The van der Waals surface area contributed by atoms with E-state index in [1.807, 2.05) is 91.0 Å². The molecule has 2 aliphatic rings. The summed E-state index contributed by atoms with van der Waals surface area (Å²) in [5.41, 5.74) is 3.75. The molecule has 11 nitrogen and oxygen atoms in total. The molecule has 5 atom stereocenters. The van der Waals surface area contributed by atoms with Crippen molar-refractivity contribution in [3.05, 3.63) is 107 Å². The molecule has 1 heterocycles. The van der Waals surface area contributed by atoms with Crippen LogP contribution in [0.5, 0.6) is 5.75 Å². The minimum absolute atomic E-state index is 0.0619. The first kappa shape index (κ1) is 38.0. The number of nitrogens with zero attached hydrogens (tertiary/aromatic N) is 1. The van der Waals surface area contributed by atoms with E-state index in [-0.39, 0.29) is 25.5 Å². The maximum atomic E-state index is 13.9. The number of fused-ring (bicyclic) bond motifs is 1. The number of rotatable bonds is 18. The van der Waals surface area contributed by atoms with Crippen LogP contribution in [0.15, 0.2) is 84.9 Å². The largest absolute Gasteiger partial charge is 0.492 e. The number of morpholine rings is 1. The first-order valence-electron chi connectivity index (χ1n) is 17.8. The van der Waals surface area contributed by atoms with Crippen molar-refractivity contribution >= 4 is 18.1 Å². The van der Waals surface area contributed by atoms with E-state index in [0.29, 0.717) is 25.9 Å². The number of methoxy groups -OCH3 is 1. The third kappa shape index (κ3) is 11.9. The molecule has 0 spiro atoms. The summed E-state index contributed by atoms with van der Waals surface area (Å²) >= 11 is 0. The van der Waals surface area contributed by atoms with Gasteiger partial charge in [-0.25, -0.2) is 4.79 Å². The lowest BCUT2D eigenvalue weighted by atomic mass is 9.90. The van der Waals surface area contributed by atoms with E-state index in [1.165, 1.54) is 7.11 Å². The van der Waals surface area contributed by atoms with Gasteiger partial charge in [0.2, 0.25) is 5.91 Å². The Labute approximate surface area is 300 Å². The Morgan fingerprint density at radius 2 is 1.73 bits per heavy atom. The monoisotopic (exact) mass is 701 g/mol. The SMILES string of the molecule is COCCOC(=O)NC(Cc1ccccc1)C(O)CC(C/C=C/c1ccc(OCCN2CCOCC2)cc1)C(=O)N[C@H]1c2ccccc2C[C@@H]1O. The fourth-order valence-electron chi connectivity index (χ4n) is 6.51. The van der Waals surface area contributed by atoms with Crippen LogP contribution in [0.4, 0.5) is 4.79 Å². The maximum absolute atomic E-state index is 13.9. The van der Waals surface area contributed by atoms with Gasteiger partial charge in [-0.3, -0.25) is 9.69 Å². The fourth-order valence-corrected chi connectivity index (χ4v) is 6.51. The number of aliphatic hydroxyl groups is 2. The van der Waals surface area contributed by atoms with Crippen molar-refractivity contribution in [2.75, 3.05) is 59.8 Å². The summed E-state index contributed by atoms with van der Waals surface area (Å²) in [5.74, 6) is -0.165. The standard InChI is InChI=1S/C40H51N3O8/c1-48-24-25-51-40(47)41-35(26-30-8-3-2-4-9-30)36(44)28-32(39(46)42-38-34-13-6-5-11-31(34)27-37(38)45)12-7-10-29-14-16-33(17-15-29)50-23-20-43-18-21-49-22-19-43/h2-11,13-17,32,35-38,44-45H,12,18-28H2,1H3,(H,41,47)(H,42,46)/b10-7+/t32?,35?,36?,37-,38-/m0/s1. The average Bonchev–Trinajstić information content (AvgIpc) is 3.46. The van der Waals surface area contributed by atoms with Crippen molar-refractivity contribution < 1.29 is 38.7 Å². The van der Waals surface area contributed by atoms with Gasteiger partial charge in [0.15, 0.2) is 0 Å². The molecule has 11 heteroatoms. The van der Waals surface area contributed by atoms with Gasteiger partial charge < -0.3 is 39.8 Å². The molecule has 0 aromatic heterocycles. The molecular formula is C40H51N3O8. The molecule has 1 saturated heterocycles. The first-order valence-corrected chi connectivity index (χ1v) is 17.8. The number of hydrogen-bond acceptors (Lipinski definition) is 9. The van der Waals surface area contributed by atoms with Gasteiger partial charge in [-0.05, 0) is 53.6 Å². The number of alkyl carbamates (subject to hydrolysis) is 1. The van der Waals surface area contributed by atoms with Crippen molar-refractivity contribution in [3.8, 4) is 5.75 Å². The van der Waals surface area contributed by atoms with Crippen LogP contribution in [-0.4, -0.2) is 105 Å². The smallest absolute Gasteiger partial charge is 0.407 e. The van der Waals surface area contributed by atoms with Crippen molar-refractivity contribution in [1.82, 2.24) is 15.5 Å². The molecule has 1 fully saturated rings. The van der Waals surface area contributed by atoms with E-state index in [9.17, 15) is 19.8 Å². The maximum Gasteiger partial charge on any atom is 0.407 e. The van der Waals surface area contributed by atoms with Crippen LogP contribution in [0.2, 0.25) is 0 Å². The summed E-state index contributed by atoms with van der Waals surface area (Å²) < 4.78 is 21.6.